The van der Waals surface area contributed by atoms with Gasteiger partial charge in [0.05, 0.1) is 30.1 Å². The maximum absolute atomic E-state index is 13.3. The summed E-state index contributed by atoms with van der Waals surface area (Å²) in [5.41, 5.74) is 1.32. The number of carbonyl (C=O) groups excluding carboxylic acids is 1. The van der Waals surface area contributed by atoms with Gasteiger partial charge in [0.25, 0.3) is 0 Å². The summed E-state index contributed by atoms with van der Waals surface area (Å²) in [5, 5.41) is 14.6. The minimum Gasteiger partial charge on any atom is -0.364 e. The van der Waals surface area contributed by atoms with Gasteiger partial charge in [0.1, 0.15) is 12.1 Å². The molecule has 3 aromatic heterocycles. The van der Waals surface area contributed by atoms with Crippen LogP contribution >= 0.6 is 22.9 Å². The van der Waals surface area contributed by atoms with Crippen LogP contribution in [0.15, 0.2) is 54.3 Å². The average molecular weight is 481 g/mol. The molecule has 5 rings (SSSR count). The predicted octanol–water partition coefficient (Wildman–Crippen LogP) is 4.78. The Morgan fingerprint density at radius 2 is 1.97 bits per heavy atom. The van der Waals surface area contributed by atoms with Gasteiger partial charge < -0.3 is 10.6 Å². The number of carbonyl (C=O) groups is 1. The normalized spacial score (nSPS) is 15.1. The molecule has 1 amide bonds. The van der Waals surface area contributed by atoms with Crippen molar-refractivity contribution in [1.82, 2.24) is 25.1 Å². The second-order valence-electron chi connectivity index (χ2n) is 8.31. The van der Waals surface area contributed by atoms with Crippen LogP contribution < -0.4 is 10.6 Å². The van der Waals surface area contributed by atoms with E-state index in [1.165, 1.54) is 4.88 Å². The van der Waals surface area contributed by atoms with Crippen molar-refractivity contribution in [2.24, 2.45) is 0 Å². The number of amides is 1. The van der Waals surface area contributed by atoms with Crippen molar-refractivity contribution in [3.8, 4) is 0 Å². The fourth-order valence-electron chi connectivity index (χ4n) is 4.62. The molecule has 0 radical (unpaired) electrons. The largest absolute Gasteiger partial charge is 0.364 e. The van der Waals surface area contributed by atoms with Gasteiger partial charge in [0.15, 0.2) is 5.65 Å². The van der Waals surface area contributed by atoms with Gasteiger partial charge in [-0.1, -0.05) is 42.6 Å². The summed E-state index contributed by atoms with van der Waals surface area (Å²) >= 11 is 7.77. The highest BCUT2D eigenvalue weighted by Crippen LogP contribution is 2.41. The molecule has 1 fully saturated rings. The molecule has 3 heterocycles. The Balaban J connectivity index is 1.25. The van der Waals surface area contributed by atoms with Crippen LogP contribution in [0.4, 0.5) is 5.82 Å². The lowest BCUT2D eigenvalue weighted by molar-refractivity contribution is -0.126. The number of hydrogen-bond acceptors (Lipinski definition) is 6. The molecule has 4 aromatic rings. The molecule has 0 unspecified atom stereocenters. The fraction of sp³-hybridized carbons (Fsp3) is 0.333. The second kappa shape index (κ2) is 9.49. The highest BCUT2D eigenvalue weighted by Gasteiger charge is 2.42. The molecular formula is C24H25ClN6OS. The summed E-state index contributed by atoms with van der Waals surface area (Å²) < 4.78 is 1.82. The van der Waals surface area contributed by atoms with E-state index in [1.807, 2.05) is 35.0 Å². The fourth-order valence-corrected chi connectivity index (χ4v) is 5.39. The predicted molar refractivity (Wildman–Crippen MR) is 132 cm³/mol. The van der Waals surface area contributed by atoms with Crippen molar-refractivity contribution >= 4 is 45.7 Å². The minimum atomic E-state index is -0.474. The maximum atomic E-state index is 13.3. The standard InChI is InChI=1S/C24H25ClN6OS/c25-18-7-5-17(6-8-18)24(9-1-2-10-24)23(32)26-11-12-31-22-20(15-30-31)21(28-16-29-22)27-14-19-4-3-13-33-19/h3-8,13,15-16H,1-2,9-12,14H2,(H,26,32)(H,27,28,29). The number of aromatic nitrogens is 4. The van der Waals surface area contributed by atoms with E-state index >= 15 is 0 Å². The molecule has 0 saturated heterocycles. The van der Waals surface area contributed by atoms with Gasteiger partial charge in [-0.15, -0.1) is 11.3 Å². The Kier molecular flexibility index (Phi) is 6.28. The van der Waals surface area contributed by atoms with E-state index in [0.717, 1.165) is 48.1 Å². The summed E-state index contributed by atoms with van der Waals surface area (Å²) in [6.45, 7) is 1.72. The second-order valence-corrected chi connectivity index (χ2v) is 9.78. The molecule has 2 N–H and O–H groups in total. The van der Waals surface area contributed by atoms with Crippen LogP contribution in [0, 0.1) is 0 Å². The smallest absolute Gasteiger partial charge is 0.230 e. The Labute approximate surface area is 201 Å². The lowest BCUT2D eigenvalue weighted by Crippen LogP contribution is -2.43. The monoisotopic (exact) mass is 480 g/mol. The van der Waals surface area contributed by atoms with Crippen LogP contribution in [-0.2, 0) is 23.3 Å². The summed E-state index contributed by atoms with van der Waals surface area (Å²) in [6, 6.07) is 11.8. The topological polar surface area (TPSA) is 84.7 Å². The number of fused-ring (bicyclic) bond motifs is 1. The third-order valence-electron chi connectivity index (χ3n) is 6.34. The van der Waals surface area contributed by atoms with Crippen LogP contribution in [0.1, 0.15) is 36.1 Å². The number of nitrogens with zero attached hydrogens (tertiary/aromatic N) is 4. The van der Waals surface area contributed by atoms with Crippen molar-refractivity contribution in [2.45, 2.75) is 44.2 Å². The van der Waals surface area contributed by atoms with Crippen LogP contribution in [-0.4, -0.2) is 32.2 Å². The summed E-state index contributed by atoms with van der Waals surface area (Å²) in [6.07, 6.45) is 7.15. The molecule has 0 bridgehead atoms. The molecular weight excluding hydrogens is 456 g/mol. The van der Waals surface area contributed by atoms with E-state index < -0.39 is 5.41 Å². The van der Waals surface area contributed by atoms with Gasteiger partial charge in [-0.3, -0.25) is 4.79 Å². The first kappa shape index (κ1) is 21.9. The lowest BCUT2D eigenvalue weighted by atomic mass is 9.78. The van der Waals surface area contributed by atoms with Crippen molar-refractivity contribution in [3.05, 3.63) is 69.8 Å². The van der Waals surface area contributed by atoms with Crippen LogP contribution in [0.5, 0.6) is 0 Å². The van der Waals surface area contributed by atoms with Crippen molar-refractivity contribution in [3.63, 3.8) is 0 Å². The molecule has 0 spiro atoms. The molecule has 33 heavy (non-hydrogen) atoms. The van der Waals surface area contributed by atoms with E-state index in [2.05, 4.69) is 37.1 Å². The first-order chi connectivity index (χ1) is 16.2. The van der Waals surface area contributed by atoms with E-state index in [1.54, 1.807) is 23.9 Å². The number of hydrogen-bond donors (Lipinski definition) is 2. The minimum absolute atomic E-state index is 0.0757. The number of halogens is 1. The molecule has 9 heteroatoms. The van der Waals surface area contributed by atoms with Gasteiger partial charge in [-0.05, 0) is 42.0 Å². The quantitative estimate of drug-likeness (QED) is 0.379. The highest BCUT2D eigenvalue weighted by molar-refractivity contribution is 7.09. The zero-order valence-electron chi connectivity index (χ0n) is 18.1. The number of nitrogens with one attached hydrogen (secondary N) is 2. The maximum Gasteiger partial charge on any atom is 0.230 e. The highest BCUT2D eigenvalue weighted by atomic mass is 35.5. The molecule has 1 aliphatic rings. The SMILES string of the molecule is O=C(NCCn1ncc2c(NCc3cccs3)ncnc21)C1(c2ccc(Cl)cc2)CCCC1. The summed E-state index contributed by atoms with van der Waals surface area (Å²) in [4.78, 5) is 23.3. The van der Waals surface area contributed by atoms with Gasteiger partial charge in [-0.2, -0.15) is 5.10 Å². The van der Waals surface area contributed by atoms with Gasteiger partial charge in [0, 0.05) is 16.4 Å². The Morgan fingerprint density at radius 3 is 2.73 bits per heavy atom. The van der Waals surface area contributed by atoms with Crippen molar-refractivity contribution in [2.75, 3.05) is 11.9 Å². The average Bonchev–Trinajstić information content (AvgIpc) is 3.60. The van der Waals surface area contributed by atoms with E-state index in [-0.39, 0.29) is 5.91 Å². The molecule has 1 aromatic carbocycles. The van der Waals surface area contributed by atoms with Crippen molar-refractivity contribution < 1.29 is 4.79 Å². The number of rotatable bonds is 8. The van der Waals surface area contributed by atoms with Crippen LogP contribution in [0.25, 0.3) is 11.0 Å². The Hall–Kier alpha value is -2.97. The molecule has 1 aliphatic carbocycles. The first-order valence-electron chi connectivity index (χ1n) is 11.1. The Bertz CT molecular complexity index is 1230. The van der Waals surface area contributed by atoms with Gasteiger partial charge >= 0.3 is 0 Å². The van der Waals surface area contributed by atoms with E-state index in [4.69, 9.17) is 11.6 Å². The van der Waals surface area contributed by atoms with Gasteiger partial charge in [0.2, 0.25) is 5.91 Å². The van der Waals surface area contributed by atoms with E-state index in [0.29, 0.717) is 24.7 Å². The number of anilines is 1. The number of benzene rings is 1. The molecule has 1 saturated carbocycles. The van der Waals surface area contributed by atoms with Crippen LogP contribution in [0.2, 0.25) is 5.02 Å². The third-order valence-corrected chi connectivity index (χ3v) is 7.47. The van der Waals surface area contributed by atoms with Crippen molar-refractivity contribution in [1.29, 1.82) is 0 Å². The zero-order valence-corrected chi connectivity index (χ0v) is 19.7. The van der Waals surface area contributed by atoms with E-state index in [9.17, 15) is 4.79 Å². The third kappa shape index (κ3) is 4.45. The first-order valence-corrected chi connectivity index (χ1v) is 12.4. The molecule has 7 nitrogen and oxygen atoms in total. The van der Waals surface area contributed by atoms with Crippen LogP contribution in [0.3, 0.4) is 0 Å². The molecule has 0 atom stereocenters. The summed E-state index contributed by atoms with van der Waals surface area (Å²) in [5.74, 6) is 0.836. The zero-order chi connectivity index (χ0) is 22.7. The Morgan fingerprint density at radius 1 is 1.15 bits per heavy atom. The molecule has 0 aliphatic heterocycles. The number of thiophene rings is 1. The lowest BCUT2D eigenvalue weighted by Gasteiger charge is -2.28. The summed E-state index contributed by atoms with van der Waals surface area (Å²) in [7, 11) is 0. The van der Waals surface area contributed by atoms with Gasteiger partial charge in [-0.25, -0.2) is 14.6 Å². The molecule has 170 valence electrons.